The number of ether oxygens (including phenoxy) is 1. The largest absolute Gasteiger partial charge is 0.473 e. The molecule has 0 bridgehead atoms. The quantitative estimate of drug-likeness (QED) is 0.697. The van der Waals surface area contributed by atoms with Crippen LogP contribution < -0.4 is 9.64 Å². The zero-order valence-electron chi connectivity index (χ0n) is 14.4. The lowest BCUT2D eigenvalue weighted by Crippen LogP contribution is -2.38. The van der Waals surface area contributed by atoms with Gasteiger partial charge in [-0.1, -0.05) is 18.2 Å². The topological polar surface area (TPSA) is 42.4 Å². The number of hydrogen-bond donors (Lipinski definition) is 0. The van der Waals surface area contributed by atoms with E-state index in [2.05, 4.69) is 4.98 Å². The first-order chi connectivity index (χ1) is 13.1. The van der Waals surface area contributed by atoms with Gasteiger partial charge in [-0.3, -0.25) is 4.79 Å². The van der Waals surface area contributed by atoms with Gasteiger partial charge in [-0.05, 0) is 42.0 Å². The van der Waals surface area contributed by atoms with Crippen LogP contribution in [0.5, 0.6) is 5.88 Å². The van der Waals surface area contributed by atoms with Gasteiger partial charge < -0.3 is 9.64 Å². The van der Waals surface area contributed by atoms with Crippen molar-refractivity contribution in [2.24, 2.45) is 0 Å². The van der Waals surface area contributed by atoms with Crippen LogP contribution in [0.4, 0.5) is 14.5 Å². The number of rotatable bonds is 4. The first kappa shape index (κ1) is 17.1. The molecule has 0 aliphatic carbocycles. The standard InChI is InChI=1S/C21H16F2N2O2/c22-15-4-1-3-14(11-15)13-27-20-8-7-18-19(24-20)9-10-25(21(18)26)17-6-2-5-16(23)12-17/h1-8,11-12H,9-10,13H2. The number of aromatic nitrogens is 1. The summed E-state index contributed by atoms with van der Waals surface area (Å²) in [7, 11) is 0. The van der Waals surface area contributed by atoms with Crippen LogP contribution in [-0.4, -0.2) is 17.4 Å². The van der Waals surface area contributed by atoms with Gasteiger partial charge >= 0.3 is 0 Å². The Morgan fingerprint density at radius 3 is 2.56 bits per heavy atom. The van der Waals surface area contributed by atoms with Crippen molar-refractivity contribution in [3.63, 3.8) is 0 Å². The lowest BCUT2D eigenvalue weighted by molar-refractivity contribution is 0.0979. The highest BCUT2D eigenvalue weighted by Gasteiger charge is 2.27. The van der Waals surface area contributed by atoms with Crippen LogP contribution in [0.25, 0.3) is 0 Å². The van der Waals surface area contributed by atoms with Gasteiger partial charge in [0, 0.05) is 24.7 Å². The number of fused-ring (bicyclic) bond motifs is 1. The van der Waals surface area contributed by atoms with Crippen LogP contribution in [-0.2, 0) is 13.0 Å². The van der Waals surface area contributed by atoms with Crippen molar-refractivity contribution in [2.45, 2.75) is 13.0 Å². The summed E-state index contributed by atoms with van der Waals surface area (Å²) >= 11 is 0. The van der Waals surface area contributed by atoms with E-state index in [0.29, 0.717) is 41.4 Å². The van der Waals surface area contributed by atoms with Crippen LogP contribution in [0.3, 0.4) is 0 Å². The fraction of sp³-hybridized carbons (Fsp3) is 0.143. The molecule has 0 N–H and O–H groups in total. The Labute approximate surface area is 155 Å². The highest BCUT2D eigenvalue weighted by molar-refractivity contribution is 6.07. The Kier molecular flexibility index (Phi) is 4.54. The van der Waals surface area contributed by atoms with Gasteiger partial charge in [-0.25, -0.2) is 13.8 Å². The van der Waals surface area contributed by atoms with Crippen molar-refractivity contribution in [3.8, 4) is 5.88 Å². The molecule has 1 amide bonds. The summed E-state index contributed by atoms with van der Waals surface area (Å²) in [6.07, 6.45) is 0.536. The first-order valence-electron chi connectivity index (χ1n) is 8.55. The number of hydrogen-bond acceptors (Lipinski definition) is 3. The lowest BCUT2D eigenvalue weighted by Gasteiger charge is -2.28. The molecule has 0 saturated carbocycles. The van der Waals surface area contributed by atoms with Gasteiger partial charge in [0.1, 0.15) is 18.2 Å². The number of carbonyl (C=O) groups excluding carboxylic acids is 1. The first-order valence-corrected chi connectivity index (χ1v) is 8.55. The zero-order chi connectivity index (χ0) is 18.8. The van der Waals surface area contributed by atoms with E-state index in [1.165, 1.54) is 24.3 Å². The molecule has 0 saturated heterocycles. The molecule has 3 aromatic rings. The van der Waals surface area contributed by atoms with Gasteiger partial charge in [0.15, 0.2) is 0 Å². The third-order valence-electron chi connectivity index (χ3n) is 4.39. The van der Waals surface area contributed by atoms with Crippen LogP contribution in [0.2, 0.25) is 0 Å². The Morgan fingerprint density at radius 2 is 1.78 bits per heavy atom. The molecule has 2 aromatic carbocycles. The SMILES string of the molecule is O=C1c2ccc(OCc3cccc(F)c3)nc2CCN1c1cccc(F)c1. The smallest absolute Gasteiger partial charge is 0.260 e. The maximum atomic E-state index is 13.5. The minimum absolute atomic E-state index is 0.187. The van der Waals surface area contributed by atoms with Gasteiger partial charge in [-0.15, -0.1) is 0 Å². The second kappa shape index (κ2) is 7.15. The van der Waals surface area contributed by atoms with Gasteiger partial charge in [-0.2, -0.15) is 0 Å². The summed E-state index contributed by atoms with van der Waals surface area (Å²) in [4.78, 5) is 18.7. The minimum Gasteiger partial charge on any atom is -0.473 e. The number of nitrogens with zero attached hydrogens (tertiary/aromatic N) is 2. The van der Waals surface area contributed by atoms with Crippen LogP contribution in [0, 0.1) is 11.6 Å². The molecule has 0 unspecified atom stereocenters. The summed E-state index contributed by atoms with van der Waals surface area (Å²) < 4.78 is 32.3. The molecule has 0 spiro atoms. The predicted molar refractivity (Wildman–Crippen MR) is 96.7 cm³/mol. The number of carbonyl (C=O) groups is 1. The van der Waals surface area contributed by atoms with Crippen molar-refractivity contribution in [1.82, 2.24) is 4.98 Å². The van der Waals surface area contributed by atoms with E-state index in [1.807, 2.05) is 0 Å². The number of anilines is 1. The normalized spacial score (nSPS) is 13.4. The molecule has 2 heterocycles. The molecular weight excluding hydrogens is 350 g/mol. The van der Waals surface area contributed by atoms with Crippen LogP contribution in [0.15, 0.2) is 60.7 Å². The van der Waals surface area contributed by atoms with Crippen molar-refractivity contribution in [1.29, 1.82) is 0 Å². The van der Waals surface area contributed by atoms with E-state index in [0.717, 1.165) is 0 Å². The highest BCUT2D eigenvalue weighted by Crippen LogP contribution is 2.26. The summed E-state index contributed by atoms with van der Waals surface area (Å²) in [5.41, 5.74) is 2.34. The van der Waals surface area contributed by atoms with Crippen molar-refractivity contribution < 1.29 is 18.3 Å². The summed E-state index contributed by atoms with van der Waals surface area (Å²) in [5.74, 6) is -0.543. The van der Waals surface area contributed by atoms with E-state index in [1.54, 1.807) is 41.3 Å². The van der Waals surface area contributed by atoms with Crippen LogP contribution in [0.1, 0.15) is 21.6 Å². The summed E-state index contributed by atoms with van der Waals surface area (Å²) in [6.45, 7) is 0.600. The second-order valence-electron chi connectivity index (χ2n) is 6.25. The molecule has 1 aromatic heterocycles. The van der Waals surface area contributed by atoms with E-state index in [4.69, 9.17) is 4.74 Å². The Morgan fingerprint density at radius 1 is 1.00 bits per heavy atom. The van der Waals surface area contributed by atoms with E-state index in [-0.39, 0.29) is 24.1 Å². The molecule has 4 rings (SSSR count). The molecule has 0 atom stereocenters. The van der Waals surface area contributed by atoms with Gasteiger partial charge in [0.25, 0.3) is 5.91 Å². The molecule has 0 fully saturated rings. The van der Waals surface area contributed by atoms with E-state index >= 15 is 0 Å². The average molecular weight is 366 g/mol. The number of benzene rings is 2. The third kappa shape index (κ3) is 3.65. The molecule has 0 radical (unpaired) electrons. The maximum absolute atomic E-state index is 13.5. The van der Waals surface area contributed by atoms with Crippen LogP contribution >= 0.6 is 0 Å². The van der Waals surface area contributed by atoms with Crippen molar-refractivity contribution >= 4 is 11.6 Å². The zero-order valence-corrected chi connectivity index (χ0v) is 14.4. The molecule has 4 nitrogen and oxygen atoms in total. The molecular formula is C21H16F2N2O2. The molecule has 136 valence electrons. The predicted octanol–water partition coefficient (Wildman–Crippen LogP) is 4.14. The van der Waals surface area contributed by atoms with Crippen molar-refractivity contribution in [3.05, 3.63) is 89.1 Å². The summed E-state index contributed by atoms with van der Waals surface area (Å²) in [5, 5.41) is 0. The molecule has 1 aliphatic rings. The van der Waals surface area contributed by atoms with Gasteiger partial charge in [0.05, 0.1) is 11.3 Å². The number of halogens is 2. The Hall–Kier alpha value is -3.28. The average Bonchev–Trinajstić information content (AvgIpc) is 2.67. The fourth-order valence-electron chi connectivity index (χ4n) is 3.09. The monoisotopic (exact) mass is 366 g/mol. The lowest BCUT2D eigenvalue weighted by atomic mass is 10.0. The second-order valence-corrected chi connectivity index (χ2v) is 6.25. The fourth-order valence-corrected chi connectivity index (χ4v) is 3.09. The highest BCUT2D eigenvalue weighted by atomic mass is 19.1. The number of pyridine rings is 1. The minimum atomic E-state index is -0.384. The van der Waals surface area contributed by atoms with Crippen molar-refractivity contribution in [2.75, 3.05) is 11.4 Å². The molecule has 6 heteroatoms. The van der Waals surface area contributed by atoms with Gasteiger partial charge in [0.2, 0.25) is 5.88 Å². The third-order valence-corrected chi connectivity index (χ3v) is 4.39. The number of amides is 1. The Bertz CT molecular complexity index is 1010. The molecule has 27 heavy (non-hydrogen) atoms. The summed E-state index contributed by atoms with van der Waals surface area (Å²) in [6, 6.07) is 15.4. The Balaban J connectivity index is 1.51. The molecule has 1 aliphatic heterocycles. The maximum Gasteiger partial charge on any atom is 0.260 e. The van der Waals surface area contributed by atoms with E-state index < -0.39 is 0 Å². The van der Waals surface area contributed by atoms with E-state index in [9.17, 15) is 13.6 Å².